The van der Waals surface area contributed by atoms with E-state index in [-0.39, 0.29) is 11.3 Å². The SMILES string of the molecule is O=c1cc(-c2cc3cc(Cl)ccc3oc2=O)c2ccc(O)c(CN3CCCCCC3)c2o1. The van der Waals surface area contributed by atoms with Crippen LogP contribution < -0.4 is 11.3 Å². The Kier molecular flexibility index (Phi) is 5.49. The number of likely N-dealkylation sites (tertiary alicyclic amines) is 1. The lowest BCUT2D eigenvalue weighted by Crippen LogP contribution is -2.24. The molecule has 0 amide bonds. The molecule has 0 atom stereocenters. The predicted octanol–water partition coefficient (Wildman–Crippen LogP) is 5.30. The van der Waals surface area contributed by atoms with Gasteiger partial charge in [-0.1, -0.05) is 24.4 Å². The van der Waals surface area contributed by atoms with Crippen LogP contribution >= 0.6 is 11.6 Å². The van der Waals surface area contributed by atoms with E-state index in [9.17, 15) is 14.7 Å². The van der Waals surface area contributed by atoms with Crippen LogP contribution in [0.5, 0.6) is 5.75 Å². The lowest BCUT2D eigenvalue weighted by molar-refractivity contribution is 0.272. The van der Waals surface area contributed by atoms with E-state index in [4.69, 9.17) is 20.4 Å². The molecule has 0 radical (unpaired) electrons. The minimum atomic E-state index is -0.596. The Morgan fingerprint density at radius 1 is 0.906 bits per heavy atom. The van der Waals surface area contributed by atoms with Gasteiger partial charge in [-0.3, -0.25) is 4.90 Å². The first-order chi connectivity index (χ1) is 15.5. The average molecular weight is 452 g/mol. The number of fused-ring (bicyclic) bond motifs is 2. The molecular weight excluding hydrogens is 430 g/mol. The Bertz CT molecular complexity index is 1430. The van der Waals surface area contributed by atoms with Crippen molar-refractivity contribution in [1.29, 1.82) is 0 Å². The van der Waals surface area contributed by atoms with Crippen LogP contribution in [0.4, 0.5) is 0 Å². The van der Waals surface area contributed by atoms with Gasteiger partial charge in [0.05, 0.1) is 11.1 Å². The summed E-state index contributed by atoms with van der Waals surface area (Å²) in [5, 5.41) is 12.3. The van der Waals surface area contributed by atoms with E-state index in [2.05, 4.69) is 4.90 Å². The van der Waals surface area contributed by atoms with Gasteiger partial charge in [0.15, 0.2) is 0 Å². The summed E-state index contributed by atoms with van der Waals surface area (Å²) in [6.45, 7) is 2.32. The van der Waals surface area contributed by atoms with Crippen LogP contribution in [-0.2, 0) is 6.54 Å². The predicted molar refractivity (Wildman–Crippen MR) is 124 cm³/mol. The van der Waals surface area contributed by atoms with Gasteiger partial charge >= 0.3 is 11.3 Å². The normalized spacial score (nSPS) is 15.3. The molecule has 0 aliphatic carbocycles. The Hall–Kier alpha value is -3.09. The van der Waals surface area contributed by atoms with E-state index < -0.39 is 11.3 Å². The Labute approximate surface area is 188 Å². The molecule has 0 saturated carbocycles. The number of aromatic hydroxyl groups is 1. The summed E-state index contributed by atoms with van der Waals surface area (Å²) in [7, 11) is 0. The maximum Gasteiger partial charge on any atom is 0.344 e. The fraction of sp³-hybridized carbons (Fsp3) is 0.280. The van der Waals surface area contributed by atoms with Crippen molar-refractivity contribution < 1.29 is 13.9 Å². The van der Waals surface area contributed by atoms with Crippen LogP contribution in [0.2, 0.25) is 5.02 Å². The molecule has 3 heterocycles. The molecule has 2 aromatic heterocycles. The molecule has 0 unspecified atom stereocenters. The first kappa shape index (κ1) is 20.8. The molecular formula is C25H22ClNO5. The van der Waals surface area contributed by atoms with Crippen molar-refractivity contribution in [3.63, 3.8) is 0 Å². The first-order valence-corrected chi connectivity index (χ1v) is 11.1. The number of benzene rings is 2. The van der Waals surface area contributed by atoms with Gasteiger partial charge in [0, 0.05) is 34.0 Å². The second-order valence-electron chi connectivity index (χ2n) is 8.24. The van der Waals surface area contributed by atoms with E-state index in [0.29, 0.717) is 44.6 Å². The second-order valence-corrected chi connectivity index (χ2v) is 8.68. The van der Waals surface area contributed by atoms with Crippen molar-refractivity contribution in [3.05, 3.63) is 73.9 Å². The number of halogens is 1. The van der Waals surface area contributed by atoms with Crippen LogP contribution in [0.15, 0.2) is 60.9 Å². The lowest BCUT2D eigenvalue weighted by atomic mass is 9.99. The third-order valence-electron chi connectivity index (χ3n) is 6.06. The third-order valence-corrected chi connectivity index (χ3v) is 6.29. The van der Waals surface area contributed by atoms with Crippen LogP contribution in [0.3, 0.4) is 0 Å². The highest BCUT2D eigenvalue weighted by atomic mass is 35.5. The van der Waals surface area contributed by atoms with Crippen LogP contribution in [0, 0.1) is 0 Å². The summed E-state index contributed by atoms with van der Waals surface area (Å²) >= 11 is 6.10. The highest BCUT2D eigenvalue weighted by Gasteiger charge is 2.20. The maximum absolute atomic E-state index is 12.8. The Balaban J connectivity index is 1.70. The zero-order valence-electron chi connectivity index (χ0n) is 17.4. The van der Waals surface area contributed by atoms with Gasteiger partial charge in [-0.15, -0.1) is 0 Å². The van der Waals surface area contributed by atoms with E-state index >= 15 is 0 Å². The van der Waals surface area contributed by atoms with Crippen LogP contribution in [-0.4, -0.2) is 23.1 Å². The topological polar surface area (TPSA) is 83.9 Å². The quantitative estimate of drug-likeness (QED) is 0.425. The number of hydrogen-bond donors (Lipinski definition) is 1. The summed E-state index contributed by atoms with van der Waals surface area (Å²) in [5.41, 5.74) is 0.747. The minimum absolute atomic E-state index is 0.0689. The Morgan fingerprint density at radius 2 is 1.69 bits per heavy atom. The zero-order valence-corrected chi connectivity index (χ0v) is 18.2. The van der Waals surface area contributed by atoms with Gasteiger partial charge in [0.2, 0.25) is 0 Å². The smallest absolute Gasteiger partial charge is 0.344 e. The van der Waals surface area contributed by atoms with Crippen molar-refractivity contribution in [3.8, 4) is 16.9 Å². The first-order valence-electron chi connectivity index (χ1n) is 10.7. The molecule has 5 rings (SSSR count). The van der Waals surface area contributed by atoms with Gasteiger partial charge < -0.3 is 13.9 Å². The Morgan fingerprint density at radius 3 is 2.47 bits per heavy atom. The molecule has 32 heavy (non-hydrogen) atoms. The van der Waals surface area contributed by atoms with Gasteiger partial charge in [-0.25, -0.2) is 9.59 Å². The molecule has 7 heteroatoms. The van der Waals surface area contributed by atoms with Crippen LogP contribution in [0.1, 0.15) is 31.2 Å². The fourth-order valence-corrected chi connectivity index (χ4v) is 4.63. The molecule has 1 aliphatic rings. The number of hydrogen-bond acceptors (Lipinski definition) is 6. The summed E-state index contributed by atoms with van der Waals surface area (Å²) in [4.78, 5) is 27.6. The third kappa shape index (κ3) is 3.92. The molecule has 1 aliphatic heterocycles. The van der Waals surface area contributed by atoms with Crippen molar-refractivity contribution in [2.24, 2.45) is 0 Å². The molecule has 164 valence electrons. The van der Waals surface area contributed by atoms with E-state index in [1.165, 1.54) is 18.9 Å². The molecule has 0 bridgehead atoms. The molecule has 1 saturated heterocycles. The summed E-state index contributed by atoms with van der Waals surface area (Å²) in [5.74, 6) is 0.0689. The number of nitrogens with zero attached hydrogens (tertiary/aromatic N) is 1. The lowest BCUT2D eigenvalue weighted by Gasteiger charge is -2.21. The van der Waals surface area contributed by atoms with Crippen molar-refractivity contribution >= 4 is 33.5 Å². The van der Waals surface area contributed by atoms with Gasteiger partial charge in [-0.05, 0) is 62.3 Å². The van der Waals surface area contributed by atoms with E-state index in [0.717, 1.165) is 25.9 Å². The van der Waals surface area contributed by atoms with Crippen molar-refractivity contribution in [2.45, 2.75) is 32.2 Å². The molecule has 4 aromatic rings. The summed E-state index contributed by atoms with van der Waals surface area (Å²) < 4.78 is 11.0. The van der Waals surface area contributed by atoms with Gasteiger partial charge in [0.25, 0.3) is 0 Å². The highest BCUT2D eigenvalue weighted by Crippen LogP contribution is 2.34. The molecule has 2 aromatic carbocycles. The standard InChI is InChI=1S/C25H22ClNO5/c26-16-5-8-22-15(11-16)12-19(25(30)31-22)18-13-23(29)32-24-17(18)6-7-21(28)20(24)14-27-9-3-1-2-4-10-27/h5-8,11-13,28H,1-4,9-10,14H2. The van der Waals surface area contributed by atoms with E-state index in [1.54, 1.807) is 36.4 Å². The number of phenols is 1. The zero-order chi connectivity index (χ0) is 22.2. The minimum Gasteiger partial charge on any atom is -0.507 e. The highest BCUT2D eigenvalue weighted by molar-refractivity contribution is 6.31. The van der Waals surface area contributed by atoms with Crippen molar-refractivity contribution in [1.82, 2.24) is 4.90 Å². The molecule has 1 fully saturated rings. The maximum atomic E-state index is 12.8. The molecule has 0 spiro atoms. The van der Waals surface area contributed by atoms with Crippen molar-refractivity contribution in [2.75, 3.05) is 13.1 Å². The number of phenolic OH excluding ortho intramolecular Hbond substituents is 1. The van der Waals surface area contributed by atoms with Gasteiger partial charge in [-0.2, -0.15) is 0 Å². The molecule has 6 nitrogen and oxygen atoms in total. The summed E-state index contributed by atoms with van der Waals surface area (Å²) in [6.07, 6.45) is 4.58. The summed E-state index contributed by atoms with van der Waals surface area (Å²) in [6, 6.07) is 11.2. The number of rotatable bonds is 3. The second kappa shape index (κ2) is 8.45. The van der Waals surface area contributed by atoms with Crippen LogP contribution in [0.25, 0.3) is 33.1 Å². The monoisotopic (exact) mass is 451 g/mol. The fourth-order valence-electron chi connectivity index (χ4n) is 4.45. The largest absolute Gasteiger partial charge is 0.507 e. The van der Waals surface area contributed by atoms with E-state index in [1.807, 2.05) is 0 Å². The molecule has 1 N–H and O–H groups in total. The average Bonchev–Trinajstić information content (AvgIpc) is 3.04. The van der Waals surface area contributed by atoms with Gasteiger partial charge in [0.1, 0.15) is 16.9 Å².